The van der Waals surface area contributed by atoms with E-state index in [9.17, 15) is 9.59 Å². The third kappa shape index (κ3) is 3.24. The number of para-hydroxylation sites is 1. The molecule has 0 radical (unpaired) electrons. The highest BCUT2D eigenvalue weighted by Crippen LogP contribution is 2.62. The first-order valence-electron chi connectivity index (χ1n) is 12.9. The van der Waals surface area contributed by atoms with Crippen molar-refractivity contribution in [2.45, 2.75) is 55.9 Å². The normalized spacial score (nSPS) is 28.5. The van der Waals surface area contributed by atoms with Gasteiger partial charge in [-0.05, 0) is 74.7 Å². The molecule has 7 rings (SSSR count). The summed E-state index contributed by atoms with van der Waals surface area (Å²) in [5.74, 6) is 0.374. The lowest BCUT2D eigenvalue weighted by atomic mass is 9.49. The molecule has 3 aromatic rings. The fourth-order valence-electron chi connectivity index (χ4n) is 7.44. The van der Waals surface area contributed by atoms with Gasteiger partial charge in [-0.1, -0.05) is 36.4 Å². The van der Waals surface area contributed by atoms with Crippen molar-refractivity contribution in [1.82, 2.24) is 20.8 Å². The van der Waals surface area contributed by atoms with Gasteiger partial charge in [-0.2, -0.15) is 5.10 Å². The molecule has 3 heterocycles. The number of benzene rings is 2. The lowest BCUT2D eigenvalue weighted by Gasteiger charge is -2.57. The largest absolute Gasteiger partial charge is 0.335 e. The first-order chi connectivity index (χ1) is 17.1. The van der Waals surface area contributed by atoms with E-state index in [1.165, 1.54) is 5.56 Å². The van der Waals surface area contributed by atoms with E-state index in [1.54, 1.807) is 0 Å². The lowest BCUT2D eigenvalue weighted by molar-refractivity contribution is -0.0175. The molecule has 2 aromatic carbocycles. The molecule has 180 valence electrons. The Morgan fingerprint density at radius 3 is 2.49 bits per heavy atom. The molecule has 2 spiro atoms. The Bertz CT molecular complexity index is 1360. The number of nitrogens with one attached hydrogen (secondary N) is 3. The van der Waals surface area contributed by atoms with Crippen LogP contribution >= 0.6 is 0 Å². The molecule has 2 aliphatic heterocycles. The Morgan fingerprint density at radius 1 is 0.971 bits per heavy atom. The van der Waals surface area contributed by atoms with Crippen LogP contribution in [0, 0.1) is 5.41 Å². The average molecular weight is 470 g/mol. The van der Waals surface area contributed by atoms with Crippen molar-refractivity contribution in [3.63, 3.8) is 0 Å². The third-order valence-corrected chi connectivity index (χ3v) is 9.19. The van der Waals surface area contributed by atoms with E-state index in [4.69, 9.17) is 0 Å². The minimum Gasteiger partial charge on any atom is -0.335 e. The molecule has 0 atom stereocenters. The van der Waals surface area contributed by atoms with Gasteiger partial charge in [-0.15, -0.1) is 0 Å². The molecule has 4 aliphatic rings. The molecule has 2 aliphatic carbocycles. The Morgan fingerprint density at radius 2 is 1.69 bits per heavy atom. The minimum atomic E-state index is -0.125. The second kappa shape index (κ2) is 7.65. The summed E-state index contributed by atoms with van der Waals surface area (Å²) in [5, 5.41) is 15.6. The van der Waals surface area contributed by atoms with Crippen LogP contribution in [-0.2, 0) is 5.41 Å². The van der Waals surface area contributed by atoms with Crippen LogP contribution in [-0.4, -0.2) is 41.9 Å². The molecule has 3 N–H and O–H groups in total. The van der Waals surface area contributed by atoms with Crippen LogP contribution in [0.4, 0.5) is 10.5 Å². The molecular weight excluding hydrogens is 438 g/mol. The first kappa shape index (κ1) is 21.1. The number of hydrogen-bond donors (Lipinski definition) is 3. The number of amides is 2. The summed E-state index contributed by atoms with van der Waals surface area (Å²) in [6.07, 6.45) is 6.36. The molecule has 2 amide bonds. The predicted octanol–water partition coefficient (Wildman–Crippen LogP) is 3.80. The van der Waals surface area contributed by atoms with E-state index < -0.39 is 0 Å². The summed E-state index contributed by atoms with van der Waals surface area (Å²) in [7, 11) is 0. The van der Waals surface area contributed by atoms with Crippen LogP contribution in [0.2, 0.25) is 0 Å². The maximum Gasteiger partial charge on any atom is 0.322 e. The maximum absolute atomic E-state index is 13.4. The number of anilines is 1. The number of hydrogen-bond acceptors (Lipinski definition) is 4. The summed E-state index contributed by atoms with van der Waals surface area (Å²) in [6, 6.07) is 16.5. The number of aromatic nitrogens is 2. The number of carbonyl (C=O) groups excluding carboxylic acids is 1. The number of H-pyrrole nitrogens is 1. The van der Waals surface area contributed by atoms with E-state index in [-0.39, 0.29) is 23.0 Å². The summed E-state index contributed by atoms with van der Waals surface area (Å²) in [6.45, 7) is 2.80. The number of fused-ring (bicyclic) bond motifs is 3. The fourth-order valence-corrected chi connectivity index (χ4v) is 7.44. The predicted molar refractivity (Wildman–Crippen MR) is 136 cm³/mol. The highest BCUT2D eigenvalue weighted by molar-refractivity contribution is 5.95. The van der Waals surface area contributed by atoms with E-state index in [0.717, 1.165) is 80.3 Å². The quantitative estimate of drug-likeness (QED) is 0.533. The highest BCUT2D eigenvalue weighted by atomic mass is 16.2. The van der Waals surface area contributed by atoms with Crippen molar-refractivity contribution in [2.24, 2.45) is 5.41 Å². The molecule has 7 nitrogen and oxygen atoms in total. The zero-order chi connectivity index (χ0) is 23.6. The number of urea groups is 1. The molecule has 2 saturated carbocycles. The molecule has 3 fully saturated rings. The molecule has 1 aromatic heterocycles. The number of carbonyl (C=O) groups is 1. The Kier molecular flexibility index (Phi) is 4.62. The number of piperidine rings is 1. The topological polar surface area (TPSA) is 90.1 Å². The summed E-state index contributed by atoms with van der Waals surface area (Å²) < 4.78 is 0. The van der Waals surface area contributed by atoms with Gasteiger partial charge in [0.25, 0.3) is 5.56 Å². The first-order valence-corrected chi connectivity index (χ1v) is 12.9. The van der Waals surface area contributed by atoms with Crippen molar-refractivity contribution in [3.8, 4) is 0 Å². The van der Waals surface area contributed by atoms with Gasteiger partial charge < -0.3 is 10.6 Å². The smallest absolute Gasteiger partial charge is 0.322 e. The van der Waals surface area contributed by atoms with Gasteiger partial charge in [0.15, 0.2) is 0 Å². The molecule has 35 heavy (non-hydrogen) atoms. The monoisotopic (exact) mass is 469 g/mol. The van der Waals surface area contributed by atoms with Crippen molar-refractivity contribution >= 4 is 22.5 Å². The van der Waals surface area contributed by atoms with Crippen molar-refractivity contribution in [3.05, 3.63) is 70.1 Å². The Balaban J connectivity index is 1.01. The van der Waals surface area contributed by atoms with Gasteiger partial charge in [-0.3, -0.25) is 9.69 Å². The van der Waals surface area contributed by atoms with Gasteiger partial charge in [0.2, 0.25) is 0 Å². The van der Waals surface area contributed by atoms with Crippen LogP contribution in [0.15, 0.2) is 53.3 Å². The molecular formula is C28H31N5O2. The van der Waals surface area contributed by atoms with Crippen LogP contribution in [0.5, 0.6) is 0 Å². The Hall–Kier alpha value is -3.19. The van der Waals surface area contributed by atoms with Crippen molar-refractivity contribution in [2.75, 3.05) is 24.5 Å². The number of rotatable bonds is 2. The fraction of sp³-hybridized carbons (Fsp3) is 0.464. The SMILES string of the molecule is O=C(NC1CC2(C1)CC(c1n[nH]c(=O)c3ccccc13)C2)N1CC2(CCNCC2)c2ccccc21. The van der Waals surface area contributed by atoms with Gasteiger partial charge in [0.05, 0.1) is 11.1 Å². The minimum absolute atomic E-state index is 0.0527. The lowest BCUT2D eigenvalue weighted by Crippen LogP contribution is -2.58. The summed E-state index contributed by atoms with van der Waals surface area (Å²) >= 11 is 0. The van der Waals surface area contributed by atoms with E-state index in [0.29, 0.717) is 11.3 Å². The zero-order valence-electron chi connectivity index (χ0n) is 19.8. The zero-order valence-corrected chi connectivity index (χ0v) is 19.8. The standard InChI is InChI=1S/C28H31N5O2/c34-25-21-6-2-1-5-20(21)24(31-32-25)18-13-27(14-18)15-19(16-27)30-26(35)33-17-28(9-11-29-12-10-28)22-7-3-4-8-23(22)33/h1-8,18-19,29H,9-17H2,(H,30,35)(H,32,34). The van der Waals surface area contributed by atoms with E-state index in [1.807, 2.05) is 35.2 Å². The average Bonchev–Trinajstić information content (AvgIpc) is 3.15. The molecule has 7 heteroatoms. The molecule has 1 saturated heterocycles. The second-order valence-electron chi connectivity index (χ2n) is 11.3. The maximum atomic E-state index is 13.4. The van der Waals surface area contributed by atoms with Gasteiger partial charge >= 0.3 is 6.03 Å². The molecule has 0 unspecified atom stereocenters. The highest BCUT2D eigenvalue weighted by Gasteiger charge is 2.54. The number of nitrogens with zero attached hydrogens (tertiary/aromatic N) is 2. The number of aromatic amines is 1. The van der Waals surface area contributed by atoms with Gasteiger partial charge in [-0.25, -0.2) is 9.89 Å². The van der Waals surface area contributed by atoms with Crippen molar-refractivity contribution in [1.29, 1.82) is 0 Å². The van der Waals surface area contributed by atoms with Crippen LogP contribution in [0.3, 0.4) is 0 Å². The summed E-state index contributed by atoms with van der Waals surface area (Å²) in [5.41, 5.74) is 3.71. The van der Waals surface area contributed by atoms with Gasteiger partial charge in [0, 0.05) is 35.0 Å². The van der Waals surface area contributed by atoms with Crippen LogP contribution < -0.4 is 21.1 Å². The van der Waals surface area contributed by atoms with Crippen LogP contribution in [0.25, 0.3) is 10.8 Å². The molecule has 0 bridgehead atoms. The van der Waals surface area contributed by atoms with Gasteiger partial charge in [0.1, 0.15) is 0 Å². The van der Waals surface area contributed by atoms with Crippen molar-refractivity contribution < 1.29 is 4.79 Å². The summed E-state index contributed by atoms with van der Waals surface area (Å²) in [4.78, 5) is 27.5. The van der Waals surface area contributed by atoms with Crippen LogP contribution in [0.1, 0.15) is 55.7 Å². The van der Waals surface area contributed by atoms with E-state index >= 15 is 0 Å². The van der Waals surface area contributed by atoms with E-state index in [2.05, 4.69) is 39.0 Å². The third-order valence-electron chi connectivity index (χ3n) is 9.19. The second-order valence-corrected chi connectivity index (χ2v) is 11.3. The Labute approximate surface area is 204 Å².